The van der Waals surface area contributed by atoms with Crippen molar-refractivity contribution in [3.05, 3.63) is 84.4 Å². The van der Waals surface area contributed by atoms with Gasteiger partial charge in [-0.3, -0.25) is 9.59 Å². The van der Waals surface area contributed by atoms with Crippen LogP contribution in [0.25, 0.3) is 10.8 Å². The van der Waals surface area contributed by atoms with Gasteiger partial charge in [-0.15, -0.1) is 0 Å². The van der Waals surface area contributed by atoms with Gasteiger partial charge in [0.2, 0.25) is 0 Å². The van der Waals surface area contributed by atoms with Crippen LogP contribution in [0.4, 0.5) is 11.4 Å². The molecule has 0 saturated carbocycles. The zero-order chi connectivity index (χ0) is 25.6. The summed E-state index contributed by atoms with van der Waals surface area (Å²) in [5.41, 5.74) is 1.39. The molecule has 0 radical (unpaired) electrons. The Bertz CT molecular complexity index is 1450. The number of hydrogen-bond acceptors (Lipinski definition) is 6. The zero-order valence-corrected chi connectivity index (χ0v) is 20.3. The quantitative estimate of drug-likeness (QED) is 0.360. The van der Waals surface area contributed by atoms with Gasteiger partial charge in [0.1, 0.15) is 11.5 Å². The van der Waals surface area contributed by atoms with E-state index in [4.69, 9.17) is 18.9 Å². The fraction of sp³-hybridized carbons (Fsp3) is 0.172. The van der Waals surface area contributed by atoms with Gasteiger partial charge in [-0.25, -0.2) is 0 Å². The molecule has 0 fully saturated rings. The van der Waals surface area contributed by atoms with Crippen LogP contribution in [-0.2, 0) is 4.79 Å². The average molecular weight is 499 g/mol. The molecule has 2 amide bonds. The third kappa shape index (κ3) is 5.59. The number of fused-ring (bicyclic) bond motifs is 2. The third-order valence-corrected chi connectivity index (χ3v) is 5.84. The molecular weight excluding hydrogens is 472 g/mol. The highest BCUT2D eigenvalue weighted by atomic mass is 16.5. The molecule has 37 heavy (non-hydrogen) atoms. The highest BCUT2D eigenvalue weighted by molar-refractivity contribution is 6.09. The lowest BCUT2D eigenvalue weighted by Gasteiger charge is -2.15. The first-order valence-corrected chi connectivity index (χ1v) is 11.9. The van der Waals surface area contributed by atoms with Gasteiger partial charge >= 0.3 is 0 Å². The van der Waals surface area contributed by atoms with Gasteiger partial charge < -0.3 is 29.6 Å². The smallest absolute Gasteiger partial charge is 0.262 e. The van der Waals surface area contributed by atoms with Crippen molar-refractivity contribution in [2.75, 3.05) is 37.6 Å². The highest BCUT2D eigenvalue weighted by Gasteiger charge is 2.18. The Kier molecular flexibility index (Phi) is 7.07. The number of carbonyl (C=O) groups is 2. The summed E-state index contributed by atoms with van der Waals surface area (Å²) in [6.45, 7) is 0.849. The van der Waals surface area contributed by atoms with Crippen LogP contribution in [0.1, 0.15) is 16.8 Å². The van der Waals surface area contributed by atoms with Crippen LogP contribution in [0, 0.1) is 0 Å². The van der Waals surface area contributed by atoms with E-state index in [2.05, 4.69) is 10.6 Å². The van der Waals surface area contributed by atoms with Crippen LogP contribution < -0.4 is 29.6 Å². The molecule has 0 atom stereocenters. The summed E-state index contributed by atoms with van der Waals surface area (Å²) in [5, 5.41) is 7.44. The largest absolute Gasteiger partial charge is 0.495 e. The monoisotopic (exact) mass is 498 g/mol. The minimum Gasteiger partial charge on any atom is -0.495 e. The number of hydrogen-bond donors (Lipinski definition) is 2. The van der Waals surface area contributed by atoms with Crippen LogP contribution in [0.2, 0.25) is 0 Å². The van der Waals surface area contributed by atoms with Gasteiger partial charge in [0.15, 0.2) is 18.1 Å². The van der Waals surface area contributed by atoms with Gasteiger partial charge in [0, 0.05) is 18.2 Å². The van der Waals surface area contributed by atoms with Crippen LogP contribution in [-0.4, -0.2) is 38.7 Å². The van der Waals surface area contributed by atoms with E-state index < -0.39 is 0 Å². The Labute approximate surface area is 214 Å². The molecule has 8 heteroatoms. The third-order valence-electron chi connectivity index (χ3n) is 5.84. The summed E-state index contributed by atoms with van der Waals surface area (Å²) in [5.74, 6) is 1.30. The summed E-state index contributed by atoms with van der Waals surface area (Å²) in [7, 11) is 1.54. The number of benzene rings is 4. The summed E-state index contributed by atoms with van der Waals surface area (Å²) < 4.78 is 22.5. The molecule has 8 nitrogen and oxygen atoms in total. The van der Waals surface area contributed by atoms with E-state index in [0.29, 0.717) is 53.2 Å². The molecule has 1 aliphatic rings. The van der Waals surface area contributed by atoms with Gasteiger partial charge in [-0.1, -0.05) is 36.4 Å². The second-order valence-corrected chi connectivity index (χ2v) is 8.40. The number of methoxy groups -OCH3 is 1. The van der Waals surface area contributed by atoms with Crippen molar-refractivity contribution < 1.29 is 28.5 Å². The fourth-order valence-corrected chi connectivity index (χ4v) is 4.04. The minimum absolute atomic E-state index is 0.290. The molecule has 0 unspecified atom stereocenters. The molecule has 0 spiro atoms. The molecule has 0 bridgehead atoms. The van der Waals surface area contributed by atoms with E-state index in [1.165, 1.54) is 7.11 Å². The van der Waals surface area contributed by atoms with Gasteiger partial charge in [-0.05, 0) is 47.2 Å². The highest BCUT2D eigenvalue weighted by Crippen LogP contribution is 2.33. The van der Waals surface area contributed by atoms with Crippen molar-refractivity contribution in [1.82, 2.24) is 0 Å². The molecule has 5 rings (SSSR count). The predicted molar refractivity (Wildman–Crippen MR) is 141 cm³/mol. The first-order valence-electron chi connectivity index (χ1n) is 11.9. The van der Waals surface area contributed by atoms with E-state index >= 15 is 0 Å². The lowest BCUT2D eigenvalue weighted by Crippen LogP contribution is -2.21. The number of para-hydroxylation sites is 2. The molecule has 0 saturated heterocycles. The molecule has 188 valence electrons. The number of amides is 2. The lowest BCUT2D eigenvalue weighted by atomic mass is 10.1. The molecule has 0 aliphatic carbocycles. The Morgan fingerprint density at radius 2 is 1.54 bits per heavy atom. The number of anilines is 2. The van der Waals surface area contributed by atoms with Crippen LogP contribution in [0.5, 0.6) is 23.0 Å². The maximum Gasteiger partial charge on any atom is 0.262 e. The van der Waals surface area contributed by atoms with Gasteiger partial charge in [0.05, 0.1) is 31.6 Å². The van der Waals surface area contributed by atoms with E-state index in [1.54, 1.807) is 48.5 Å². The van der Waals surface area contributed by atoms with E-state index in [9.17, 15) is 9.59 Å². The number of rotatable bonds is 7. The zero-order valence-electron chi connectivity index (χ0n) is 20.3. The molecular formula is C29H26N2O6. The van der Waals surface area contributed by atoms with Crippen LogP contribution >= 0.6 is 0 Å². The van der Waals surface area contributed by atoms with Gasteiger partial charge in [0.25, 0.3) is 11.8 Å². The summed E-state index contributed by atoms with van der Waals surface area (Å²) in [6.07, 6.45) is 0.795. The van der Waals surface area contributed by atoms with Crippen molar-refractivity contribution in [3.8, 4) is 23.0 Å². The second kappa shape index (κ2) is 10.9. The van der Waals surface area contributed by atoms with E-state index in [-0.39, 0.29) is 18.4 Å². The second-order valence-electron chi connectivity index (χ2n) is 8.40. The van der Waals surface area contributed by atoms with E-state index in [1.807, 2.05) is 30.3 Å². The van der Waals surface area contributed by atoms with Crippen molar-refractivity contribution in [2.45, 2.75) is 6.42 Å². The summed E-state index contributed by atoms with van der Waals surface area (Å²) >= 11 is 0. The molecule has 1 aliphatic heterocycles. The Hall–Kier alpha value is -4.72. The standard InChI is InChI=1S/C29H26N2O6/c1-34-24-10-5-4-9-23(24)31-29(33)22-15-19-7-2-3-8-20(19)16-26(22)37-18-28(32)30-21-11-12-25-27(17-21)36-14-6-13-35-25/h2-5,7-12,15-17H,6,13-14,18H2,1H3,(H,30,32)(H,31,33). The molecule has 4 aromatic rings. The molecule has 4 aromatic carbocycles. The molecule has 2 N–H and O–H groups in total. The van der Waals surface area contributed by atoms with Crippen molar-refractivity contribution in [2.24, 2.45) is 0 Å². The average Bonchev–Trinajstić information content (AvgIpc) is 3.16. The molecule has 0 aromatic heterocycles. The number of nitrogens with one attached hydrogen (secondary N) is 2. The normalized spacial score (nSPS) is 12.4. The van der Waals surface area contributed by atoms with Gasteiger partial charge in [-0.2, -0.15) is 0 Å². The predicted octanol–water partition coefficient (Wildman–Crippen LogP) is 5.28. The van der Waals surface area contributed by atoms with Crippen molar-refractivity contribution in [1.29, 1.82) is 0 Å². The van der Waals surface area contributed by atoms with Crippen LogP contribution in [0.3, 0.4) is 0 Å². The Balaban J connectivity index is 1.34. The number of carbonyl (C=O) groups excluding carboxylic acids is 2. The summed E-state index contributed by atoms with van der Waals surface area (Å²) in [6, 6.07) is 23.5. The summed E-state index contributed by atoms with van der Waals surface area (Å²) in [4.78, 5) is 26.0. The van der Waals surface area contributed by atoms with E-state index in [0.717, 1.165) is 17.2 Å². The van der Waals surface area contributed by atoms with Crippen molar-refractivity contribution >= 4 is 34.0 Å². The SMILES string of the molecule is COc1ccccc1NC(=O)c1cc2ccccc2cc1OCC(=O)Nc1ccc2c(c1)OCCCO2. The van der Waals surface area contributed by atoms with Crippen molar-refractivity contribution in [3.63, 3.8) is 0 Å². The first kappa shape index (κ1) is 24.0. The maximum atomic E-state index is 13.3. The number of ether oxygens (including phenoxy) is 4. The minimum atomic E-state index is -0.381. The van der Waals surface area contributed by atoms with Crippen LogP contribution in [0.15, 0.2) is 78.9 Å². The first-order chi connectivity index (χ1) is 18.1. The lowest BCUT2D eigenvalue weighted by molar-refractivity contribution is -0.118. The topological polar surface area (TPSA) is 95.1 Å². The molecule has 1 heterocycles. The Morgan fingerprint density at radius 3 is 2.35 bits per heavy atom. The maximum absolute atomic E-state index is 13.3. The Morgan fingerprint density at radius 1 is 0.811 bits per heavy atom. The fourth-order valence-electron chi connectivity index (χ4n) is 4.04.